The van der Waals surface area contributed by atoms with Gasteiger partial charge in [-0.25, -0.2) is 4.79 Å². The smallest absolute Gasteiger partial charge is 0.314 e. The van der Waals surface area contributed by atoms with E-state index in [0.29, 0.717) is 26.1 Å². The highest BCUT2D eigenvalue weighted by Crippen LogP contribution is 2.28. The minimum Gasteiger partial charge on any atom is -0.481 e. The van der Waals surface area contributed by atoms with Crippen LogP contribution in [0.25, 0.3) is 0 Å². The summed E-state index contributed by atoms with van der Waals surface area (Å²) in [6.07, 6.45) is 2.31. The molecule has 0 aromatic rings. The summed E-state index contributed by atoms with van der Waals surface area (Å²) in [5.74, 6) is -1.12. The topological polar surface area (TPSA) is 108 Å². The fourth-order valence-electron chi connectivity index (χ4n) is 1.44. The predicted octanol–water partition coefficient (Wildman–Crippen LogP) is -0.0774. The summed E-state index contributed by atoms with van der Waals surface area (Å²) in [5, 5.41) is 16.5. The Hall–Kier alpha value is -1.79. The van der Waals surface area contributed by atoms with Crippen LogP contribution < -0.4 is 16.0 Å². The average Bonchev–Trinajstić information content (AvgIpc) is 3.18. The summed E-state index contributed by atoms with van der Waals surface area (Å²) in [7, 11) is 0. The van der Waals surface area contributed by atoms with Crippen molar-refractivity contribution in [2.75, 3.05) is 19.6 Å². The van der Waals surface area contributed by atoms with Gasteiger partial charge in [0.15, 0.2) is 0 Å². The Morgan fingerprint density at radius 2 is 1.68 bits per heavy atom. The molecular weight excluding hydrogens is 250 g/mol. The van der Waals surface area contributed by atoms with Crippen LogP contribution in [0, 0.1) is 11.8 Å². The maximum absolute atomic E-state index is 11.3. The second kappa shape index (κ2) is 7.60. The van der Waals surface area contributed by atoms with Crippen molar-refractivity contribution in [2.24, 2.45) is 11.8 Å². The van der Waals surface area contributed by atoms with Crippen LogP contribution in [0.2, 0.25) is 0 Å². The first kappa shape index (κ1) is 15.3. The Balaban J connectivity index is 1.95. The predicted molar refractivity (Wildman–Crippen MR) is 68.6 cm³/mol. The zero-order chi connectivity index (χ0) is 14.3. The molecule has 108 valence electrons. The Morgan fingerprint density at radius 3 is 2.26 bits per heavy atom. The number of carboxylic acid groups (broad SMARTS) is 1. The van der Waals surface area contributed by atoms with Crippen molar-refractivity contribution in [1.82, 2.24) is 16.0 Å². The highest BCUT2D eigenvalue weighted by molar-refractivity contribution is 5.80. The standard InChI is InChI=1S/C12H21N3O4/c1-8(11(17)18)4-5-14-12(19)15-7-6-13-10(16)9-2-3-9/h8-9H,2-7H2,1H3,(H,13,16)(H,17,18)(H2,14,15,19). The van der Waals surface area contributed by atoms with Crippen LogP contribution in [0.5, 0.6) is 0 Å². The van der Waals surface area contributed by atoms with Gasteiger partial charge in [0.1, 0.15) is 0 Å². The first-order chi connectivity index (χ1) is 9.00. The summed E-state index contributed by atoms with van der Waals surface area (Å²) in [6.45, 7) is 2.68. The summed E-state index contributed by atoms with van der Waals surface area (Å²) in [6, 6.07) is -0.349. The number of nitrogens with one attached hydrogen (secondary N) is 3. The number of hydrogen-bond donors (Lipinski definition) is 4. The molecule has 0 radical (unpaired) electrons. The Morgan fingerprint density at radius 1 is 1.11 bits per heavy atom. The van der Waals surface area contributed by atoms with E-state index in [1.54, 1.807) is 6.92 Å². The van der Waals surface area contributed by atoms with E-state index in [0.717, 1.165) is 12.8 Å². The maximum Gasteiger partial charge on any atom is 0.314 e. The lowest BCUT2D eigenvalue weighted by Crippen LogP contribution is -2.41. The SMILES string of the molecule is CC(CCNC(=O)NCCNC(=O)C1CC1)C(=O)O. The van der Waals surface area contributed by atoms with E-state index in [2.05, 4.69) is 16.0 Å². The van der Waals surface area contributed by atoms with Gasteiger partial charge in [0.2, 0.25) is 5.91 Å². The van der Waals surface area contributed by atoms with Gasteiger partial charge in [0.25, 0.3) is 0 Å². The lowest BCUT2D eigenvalue weighted by Gasteiger charge is -2.09. The number of urea groups is 1. The lowest BCUT2D eigenvalue weighted by atomic mass is 10.1. The number of rotatable bonds is 8. The van der Waals surface area contributed by atoms with E-state index in [1.165, 1.54) is 0 Å². The number of amides is 3. The molecule has 1 aliphatic rings. The molecule has 0 aromatic heterocycles. The fourth-order valence-corrected chi connectivity index (χ4v) is 1.44. The van der Waals surface area contributed by atoms with Crippen molar-refractivity contribution < 1.29 is 19.5 Å². The van der Waals surface area contributed by atoms with E-state index in [9.17, 15) is 14.4 Å². The van der Waals surface area contributed by atoms with Crippen molar-refractivity contribution in [3.8, 4) is 0 Å². The second-order valence-electron chi connectivity index (χ2n) is 4.78. The highest BCUT2D eigenvalue weighted by atomic mass is 16.4. The molecule has 0 heterocycles. The minimum absolute atomic E-state index is 0.0532. The monoisotopic (exact) mass is 271 g/mol. The largest absolute Gasteiger partial charge is 0.481 e. The molecule has 0 aliphatic heterocycles. The maximum atomic E-state index is 11.3. The molecule has 0 bridgehead atoms. The van der Waals surface area contributed by atoms with Crippen molar-refractivity contribution >= 4 is 17.9 Å². The average molecular weight is 271 g/mol. The van der Waals surface area contributed by atoms with Gasteiger partial charge < -0.3 is 21.1 Å². The molecule has 1 unspecified atom stereocenters. The van der Waals surface area contributed by atoms with E-state index >= 15 is 0 Å². The molecule has 1 saturated carbocycles. The van der Waals surface area contributed by atoms with Gasteiger partial charge in [-0.3, -0.25) is 9.59 Å². The quantitative estimate of drug-likeness (QED) is 0.463. The first-order valence-corrected chi connectivity index (χ1v) is 6.53. The molecule has 1 aliphatic carbocycles. The lowest BCUT2D eigenvalue weighted by molar-refractivity contribution is -0.141. The van der Waals surface area contributed by atoms with Crippen LogP contribution in [0.1, 0.15) is 26.2 Å². The molecule has 19 heavy (non-hydrogen) atoms. The molecule has 1 atom stereocenters. The van der Waals surface area contributed by atoms with Gasteiger partial charge in [0.05, 0.1) is 5.92 Å². The van der Waals surface area contributed by atoms with E-state index in [1.807, 2.05) is 0 Å². The van der Waals surface area contributed by atoms with Crippen molar-refractivity contribution in [3.05, 3.63) is 0 Å². The van der Waals surface area contributed by atoms with E-state index in [4.69, 9.17) is 5.11 Å². The van der Waals surface area contributed by atoms with Gasteiger partial charge in [-0.05, 0) is 19.3 Å². The van der Waals surface area contributed by atoms with Crippen molar-refractivity contribution in [2.45, 2.75) is 26.2 Å². The van der Waals surface area contributed by atoms with Gasteiger partial charge >= 0.3 is 12.0 Å². The molecule has 4 N–H and O–H groups in total. The number of carbonyl (C=O) groups excluding carboxylic acids is 2. The summed E-state index contributed by atoms with van der Waals surface area (Å²) in [5.41, 5.74) is 0. The number of carbonyl (C=O) groups is 3. The van der Waals surface area contributed by atoms with Gasteiger partial charge in [-0.15, -0.1) is 0 Å². The highest BCUT2D eigenvalue weighted by Gasteiger charge is 2.28. The summed E-state index contributed by atoms with van der Waals surface area (Å²) >= 11 is 0. The zero-order valence-electron chi connectivity index (χ0n) is 11.1. The molecule has 3 amide bonds. The fraction of sp³-hybridized carbons (Fsp3) is 0.750. The molecule has 1 rings (SSSR count). The van der Waals surface area contributed by atoms with Crippen molar-refractivity contribution in [1.29, 1.82) is 0 Å². The number of hydrogen-bond acceptors (Lipinski definition) is 3. The van der Waals surface area contributed by atoms with Gasteiger partial charge in [-0.2, -0.15) is 0 Å². The van der Waals surface area contributed by atoms with Crippen LogP contribution in [0.4, 0.5) is 4.79 Å². The van der Waals surface area contributed by atoms with Crippen LogP contribution in [0.15, 0.2) is 0 Å². The zero-order valence-corrected chi connectivity index (χ0v) is 11.1. The molecule has 0 saturated heterocycles. The third-order valence-electron chi connectivity index (χ3n) is 2.94. The minimum atomic E-state index is -0.870. The summed E-state index contributed by atoms with van der Waals surface area (Å²) in [4.78, 5) is 33.1. The van der Waals surface area contributed by atoms with Crippen LogP contribution in [0.3, 0.4) is 0 Å². The Bertz CT molecular complexity index is 342. The third-order valence-corrected chi connectivity index (χ3v) is 2.94. The van der Waals surface area contributed by atoms with Gasteiger partial charge in [-0.1, -0.05) is 6.92 Å². The number of aliphatic carboxylic acids is 1. The van der Waals surface area contributed by atoms with Gasteiger partial charge in [0, 0.05) is 25.6 Å². The molecular formula is C12H21N3O4. The second-order valence-corrected chi connectivity index (χ2v) is 4.78. The third kappa shape index (κ3) is 6.64. The Labute approximate surface area is 112 Å². The van der Waals surface area contributed by atoms with Crippen molar-refractivity contribution in [3.63, 3.8) is 0 Å². The molecule has 1 fully saturated rings. The van der Waals surface area contributed by atoms with E-state index < -0.39 is 11.9 Å². The molecule has 0 spiro atoms. The first-order valence-electron chi connectivity index (χ1n) is 6.53. The summed E-state index contributed by atoms with van der Waals surface area (Å²) < 4.78 is 0. The van der Waals surface area contributed by atoms with Crippen LogP contribution in [-0.2, 0) is 9.59 Å². The van der Waals surface area contributed by atoms with Crippen LogP contribution >= 0.6 is 0 Å². The molecule has 7 nitrogen and oxygen atoms in total. The molecule has 7 heteroatoms. The molecule has 0 aromatic carbocycles. The Kier molecular flexibility index (Phi) is 6.11. The normalized spacial score (nSPS) is 15.4. The number of carboxylic acids is 1. The van der Waals surface area contributed by atoms with E-state index in [-0.39, 0.29) is 17.9 Å². The van der Waals surface area contributed by atoms with Crippen LogP contribution in [-0.4, -0.2) is 42.6 Å².